The second kappa shape index (κ2) is 8.04. The fraction of sp³-hybridized carbons (Fsp3) is 0.0741. The van der Waals surface area contributed by atoms with E-state index in [2.05, 4.69) is 19.9 Å². The molecule has 34 heavy (non-hydrogen) atoms. The fourth-order valence-corrected chi connectivity index (χ4v) is 4.02. The zero-order valence-electron chi connectivity index (χ0n) is 18.3. The van der Waals surface area contributed by atoms with Gasteiger partial charge in [-0.1, -0.05) is 43.3 Å². The van der Waals surface area contributed by atoms with E-state index in [1.54, 1.807) is 6.20 Å². The van der Waals surface area contributed by atoms with E-state index in [0.717, 1.165) is 21.7 Å². The van der Waals surface area contributed by atoms with Gasteiger partial charge in [0, 0.05) is 11.6 Å². The number of aromatic amines is 1. The largest absolute Gasteiger partial charge is 0.505 e. The van der Waals surface area contributed by atoms with Gasteiger partial charge in [0.15, 0.2) is 11.4 Å². The summed E-state index contributed by atoms with van der Waals surface area (Å²) < 4.78 is 12.2. The number of aryl methyl sites for hydroxylation is 1. The van der Waals surface area contributed by atoms with Crippen molar-refractivity contribution in [3.8, 4) is 29.1 Å². The minimum Gasteiger partial charge on any atom is -0.505 e. The van der Waals surface area contributed by atoms with Crippen LogP contribution in [0.25, 0.3) is 32.7 Å². The Bertz CT molecular complexity index is 1680. The van der Waals surface area contributed by atoms with Crippen LogP contribution in [0.2, 0.25) is 0 Å². The molecule has 3 heterocycles. The van der Waals surface area contributed by atoms with Gasteiger partial charge in [0.1, 0.15) is 16.9 Å². The number of fused-ring (bicyclic) bond motifs is 3. The molecule has 6 rings (SSSR count). The number of hydrogen-bond donors (Lipinski definition) is 2. The second-order valence-electron chi connectivity index (χ2n) is 7.91. The Balaban J connectivity index is 1.43. The van der Waals surface area contributed by atoms with Crippen LogP contribution in [-0.4, -0.2) is 25.0 Å². The topological polar surface area (TPSA) is 93.2 Å². The van der Waals surface area contributed by atoms with Crippen LogP contribution in [0, 0.1) is 0 Å². The lowest BCUT2D eigenvalue weighted by atomic mass is 10.1. The van der Waals surface area contributed by atoms with Crippen molar-refractivity contribution in [3.05, 3.63) is 84.7 Å². The van der Waals surface area contributed by atoms with Crippen molar-refractivity contribution in [1.29, 1.82) is 0 Å². The van der Waals surface area contributed by atoms with Crippen LogP contribution >= 0.6 is 0 Å². The lowest BCUT2D eigenvalue weighted by Gasteiger charge is -2.10. The molecule has 0 spiro atoms. The second-order valence-corrected chi connectivity index (χ2v) is 7.91. The van der Waals surface area contributed by atoms with Gasteiger partial charge in [-0.2, -0.15) is 9.97 Å². The molecule has 3 aromatic heterocycles. The van der Waals surface area contributed by atoms with Gasteiger partial charge in [0.2, 0.25) is 5.88 Å². The summed E-state index contributed by atoms with van der Waals surface area (Å²) in [7, 11) is 0. The van der Waals surface area contributed by atoms with Gasteiger partial charge in [-0.15, -0.1) is 0 Å². The van der Waals surface area contributed by atoms with Gasteiger partial charge in [0.25, 0.3) is 0 Å². The first kappa shape index (κ1) is 20.0. The zero-order valence-corrected chi connectivity index (χ0v) is 18.3. The average Bonchev–Trinajstić information content (AvgIpc) is 3.19. The lowest BCUT2D eigenvalue weighted by Crippen LogP contribution is -1.96. The molecule has 0 saturated carbocycles. The van der Waals surface area contributed by atoms with Crippen LogP contribution in [0.4, 0.5) is 0 Å². The first-order chi connectivity index (χ1) is 16.7. The van der Waals surface area contributed by atoms with Crippen molar-refractivity contribution in [2.75, 3.05) is 0 Å². The molecule has 0 saturated heterocycles. The molecule has 0 unspecified atom stereocenters. The van der Waals surface area contributed by atoms with E-state index in [1.165, 1.54) is 0 Å². The number of H-pyrrole nitrogens is 1. The Labute approximate surface area is 194 Å². The molecule has 0 amide bonds. The van der Waals surface area contributed by atoms with E-state index in [4.69, 9.17) is 9.47 Å². The predicted octanol–water partition coefficient (Wildman–Crippen LogP) is 6.51. The third-order valence-electron chi connectivity index (χ3n) is 5.72. The van der Waals surface area contributed by atoms with Crippen molar-refractivity contribution in [2.24, 2.45) is 0 Å². The van der Waals surface area contributed by atoms with Crippen molar-refractivity contribution >= 4 is 32.7 Å². The molecule has 6 aromatic rings. The van der Waals surface area contributed by atoms with Gasteiger partial charge in [0.05, 0.1) is 11.2 Å². The van der Waals surface area contributed by atoms with Crippen molar-refractivity contribution in [3.63, 3.8) is 0 Å². The Kier molecular flexibility index (Phi) is 4.73. The molecule has 3 aromatic carbocycles. The Morgan fingerprint density at radius 3 is 2.47 bits per heavy atom. The van der Waals surface area contributed by atoms with Crippen molar-refractivity contribution in [1.82, 2.24) is 19.9 Å². The predicted molar refractivity (Wildman–Crippen MR) is 131 cm³/mol. The zero-order chi connectivity index (χ0) is 23.1. The first-order valence-electron chi connectivity index (χ1n) is 11.0. The SMILES string of the molecule is CCc1[nH]c2nc(Oc3ccc4ccccc4c3)nc(Oc3ccc4ncccc4c3)c2c1O. The number of aromatic nitrogens is 4. The third kappa shape index (κ3) is 3.53. The van der Waals surface area contributed by atoms with Crippen LogP contribution in [0.5, 0.6) is 29.1 Å². The molecule has 0 fully saturated rings. The normalized spacial score (nSPS) is 11.3. The number of benzene rings is 3. The Morgan fingerprint density at radius 2 is 1.59 bits per heavy atom. The quantitative estimate of drug-likeness (QED) is 0.312. The molecule has 7 heteroatoms. The highest BCUT2D eigenvalue weighted by atomic mass is 16.5. The summed E-state index contributed by atoms with van der Waals surface area (Å²) in [6.07, 6.45) is 2.35. The van der Waals surface area contributed by atoms with E-state index in [1.807, 2.05) is 79.7 Å². The Hall–Kier alpha value is -4.65. The smallest absolute Gasteiger partial charge is 0.327 e. The summed E-state index contributed by atoms with van der Waals surface area (Å²) in [4.78, 5) is 16.5. The fourth-order valence-electron chi connectivity index (χ4n) is 4.02. The lowest BCUT2D eigenvalue weighted by molar-refractivity contribution is 0.415. The first-order valence-corrected chi connectivity index (χ1v) is 11.0. The van der Waals surface area contributed by atoms with Crippen LogP contribution in [-0.2, 0) is 6.42 Å². The standard InChI is InChI=1S/C27H20N4O3/c1-2-21-24(32)23-25(29-21)30-27(34-20-10-9-16-6-3-4-7-17(16)14-20)31-26(23)33-19-11-12-22-18(15-19)8-5-13-28-22/h3-15,32H,2H2,1H3,(H,29,30,31). The maximum absolute atomic E-state index is 10.8. The van der Waals surface area contributed by atoms with E-state index >= 15 is 0 Å². The van der Waals surface area contributed by atoms with Gasteiger partial charge >= 0.3 is 6.01 Å². The van der Waals surface area contributed by atoms with Gasteiger partial charge < -0.3 is 19.6 Å². The van der Waals surface area contributed by atoms with E-state index in [-0.39, 0.29) is 17.6 Å². The summed E-state index contributed by atoms with van der Waals surface area (Å²) in [5.41, 5.74) is 1.96. The number of nitrogens with one attached hydrogen (secondary N) is 1. The molecule has 0 aliphatic rings. The van der Waals surface area contributed by atoms with E-state index < -0.39 is 0 Å². The number of nitrogens with zero attached hydrogens (tertiary/aromatic N) is 3. The molecule has 2 N–H and O–H groups in total. The molecular formula is C27H20N4O3. The molecule has 0 aliphatic carbocycles. The average molecular weight is 448 g/mol. The molecule has 166 valence electrons. The minimum atomic E-state index is 0.0761. The van der Waals surface area contributed by atoms with Crippen LogP contribution in [0.15, 0.2) is 79.0 Å². The number of pyridine rings is 1. The highest BCUT2D eigenvalue weighted by Gasteiger charge is 2.20. The Morgan fingerprint density at radius 1 is 0.824 bits per heavy atom. The summed E-state index contributed by atoms with van der Waals surface area (Å²) in [5, 5.41) is 14.3. The maximum atomic E-state index is 10.8. The molecular weight excluding hydrogens is 428 g/mol. The van der Waals surface area contributed by atoms with E-state index in [0.29, 0.717) is 34.6 Å². The van der Waals surface area contributed by atoms with Gasteiger partial charge in [-0.3, -0.25) is 4.98 Å². The van der Waals surface area contributed by atoms with Gasteiger partial charge in [-0.05, 0) is 53.6 Å². The maximum Gasteiger partial charge on any atom is 0.327 e. The van der Waals surface area contributed by atoms with Crippen LogP contribution in [0.1, 0.15) is 12.6 Å². The molecule has 7 nitrogen and oxygen atoms in total. The van der Waals surface area contributed by atoms with Crippen LogP contribution < -0.4 is 9.47 Å². The molecule has 0 aliphatic heterocycles. The third-order valence-corrected chi connectivity index (χ3v) is 5.72. The summed E-state index contributed by atoms with van der Waals surface area (Å²) >= 11 is 0. The van der Waals surface area contributed by atoms with Crippen molar-refractivity contribution in [2.45, 2.75) is 13.3 Å². The molecule has 0 bridgehead atoms. The molecule has 0 radical (unpaired) electrons. The van der Waals surface area contributed by atoms with Crippen molar-refractivity contribution < 1.29 is 14.6 Å². The monoisotopic (exact) mass is 448 g/mol. The highest BCUT2D eigenvalue weighted by Crippen LogP contribution is 2.39. The number of hydrogen-bond acceptors (Lipinski definition) is 6. The highest BCUT2D eigenvalue weighted by molar-refractivity contribution is 5.90. The molecule has 0 atom stereocenters. The number of aromatic hydroxyl groups is 1. The summed E-state index contributed by atoms with van der Waals surface area (Å²) in [5.74, 6) is 1.45. The number of rotatable bonds is 5. The summed E-state index contributed by atoms with van der Waals surface area (Å²) in [6.45, 7) is 1.95. The summed E-state index contributed by atoms with van der Waals surface area (Å²) in [6, 6.07) is 23.4. The minimum absolute atomic E-state index is 0.0761. The van der Waals surface area contributed by atoms with Crippen LogP contribution in [0.3, 0.4) is 0 Å². The number of ether oxygens (including phenoxy) is 2. The van der Waals surface area contributed by atoms with E-state index in [9.17, 15) is 5.11 Å². The van der Waals surface area contributed by atoms with Gasteiger partial charge in [-0.25, -0.2) is 0 Å².